The maximum atomic E-state index is 9.14. The zero-order valence-electron chi connectivity index (χ0n) is 38.5. The zero-order valence-corrected chi connectivity index (χ0v) is 34.3. The quantitative estimate of drug-likeness (QED) is 0.168. The van der Waals surface area contributed by atoms with E-state index in [1.807, 2.05) is 47.0 Å². The number of hydrogen-bond donors (Lipinski definition) is 0. The van der Waals surface area contributed by atoms with E-state index in [2.05, 4.69) is 144 Å². The molecule has 0 amide bonds. The molecule has 9 aromatic carbocycles. The van der Waals surface area contributed by atoms with Gasteiger partial charge in [-0.15, -0.1) is 11.3 Å². The van der Waals surface area contributed by atoms with Crippen LogP contribution in [0.1, 0.15) is 6.85 Å². The summed E-state index contributed by atoms with van der Waals surface area (Å²) in [6.45, 7) is 0. The average molecular weight is 827 g/mol. The molecule has 4 heterocycles. The van der Waals surface area contributed by atoms with Crippen LogP contribution in [0.4, 0.5) is 0 Å². The van der Waals surface area contributed by atoms with Crippen LogP contribution in [-0.4, -0.2) is 24.1 Å². The Hall–Kier alpha value is -8.19. The van der Waals surface area contributed by atoms with Crippen molar-refractivity contribution in [1.82, 2.24) is 24.1 Å². The molecule has 294 valence electrons. The van der Waals surface area contributed by atoms with Crippen molar-refractivity contribution in [3.05, 3.63) is 212 Å². The number of nitrogens with zero attached hydrogens (tertiary/aromatic N) is 5. The molecule has 0 aliphatic rings. The standard InChI is InChI=1S/C57H35N5S/c1-3-17-36(18-4-1)38-21-15-22-39(33-38)41-27-16-32-52-53(41)46-34-40(61-48-28-11-7-23-42(48)43-24-8-12-29-49(43)61)35-47(54(46)63-52)56-58-55(37-19-5-2-6-20-37)59-57(60-56)62-50-30-13-9-25-44(50)45-26-10-14-31-51(45)62/h1-35H/i2D,5D,6D,19D,20D. The van der Waals surface area contributed by atoms with Gasteiger partial charge in [0, 0.05) is 58.5 Å². The second kappa shape index (κ2) is 14.2. The summed E-state index contributed by atoms with van der Waals surface area (Å²) >= 11 is 1.65. The maximum Gasteiger partial charge on any atom is 0.238 e. The van der Waals surface area contributed by atoms with Gasteiger partial charge in [-0.05, 0) is 70.8 Å². The Kier molecular flexibility index (Phi) is 6.94. The molecule has 63 heavy (non-hydrogen) atoms. The number of rotatable bonds is 6. The monoisotopic (exact) mass is 826 g/mol. The Morgan fingerprint density at radius 3 is 1.62 bits per heavy atom. The molecule has 4 aromatic heterocycles. The Bertz CT molecular complexity index is 4100. The summed E-state index contributed by atoms with van der Waals surface area (Å²) in [7, 11) is 0. The average Bonchev–Trinajstić information content (AvgIpc) is 4.05. The van der Waals surface area contributed by atoms with E-state index in [1.54, 1.807) is 11.3 Å². The minimum Gasteiger partial charge on any atom is -0.309 e. The predicted octanol–water partition coefficient (Wildman–Crippen LogP) is 15.1. The molecule has 0 aliphatic heterocycles. The molecule has 0 spiro atoms. The molecule has 0 aliphatic carbocycles. The van der Waals surface area contributed by atoms with Crippen LogP contribution in [0.5, 0.6) is 0 Å². The maximum absolute atomic E-state index is 9.14. The van der Waals surface area contributed by atoms with Gasteiger partial charge in [-0.25, -0.2) is 4.98 Å². The van der Waals surface area contributed by atoms with Crippen molar-refractivity contribution in [3.63, 3.8) is 0 Å². The highest BCUT2D eigenvalue weighted by atomic mass is 32.1. The lowest BCUT2D eigenvalue weighted by molar-refractivity contribution is 0.954. The van der Waals surface area contributed by atoms with Gasteiger partial charge in [-0.3, -0.25) is 4.57 Å². The van der Waals surface area contributed by atoms with E-state index < -0.39 is 30.2 Å². The summed E-state index contributed by atoms with van der Waals surface area (Å²) in [5.41, 5.74) is 9.70. The molecule has 0 saturated heterocycles. The van der Waals surface area contributed by atoms with Crippen LogP contribution in [0.25, 0.3) is 120 Å². The molecule has 5 nitrogen and oxygen atoms in total. The molecule has 13 rings (SSSR count). The second-order valence-corrected chi connectivity index (χ2v) is 16.7. The summed E-state index contributed by atoms with van der Waals surface area (Å²) in [5.74, 6) is 0.522. The molecule has 0 fully saturated rings. The Balaban J connectivity index is 1.17. The van der Waals surface area contributed by atoms with Crippen molar-refractivity contribution in [2.24, 2.45) is 0 Å². The van der Waals surface area contributed by atoms with E-state index in [0.29, 0.717) is 11.4 Å². The molecular weight excluding hydrogens is 787 g/mol. The number of hydrogen-bond acceptors (Lipinski definition) is 4. The van der Waals surface area contributed by atoms with E-state index >= 15 is 0 Å². The first-order valence-corrected chi connectivity index (χ1v) is 21.6. The van der Waals surface area contributed by atoms with Gasteiger partial charge in [0.2, 0.25) is 5.95 Å². The third-order valence-electron chi connectivity index (χ3n) is 12.1. The van der Waals surface area contributed by atoms with Crippen LogP contribution in [-0.2, 0) is 0 Å². The van der Waals surface area contributed by atoms with Crippen LogP contribution >= 0.6 is 11.3 Å². The van der Waals surface area contributed by atoms with Gasteiger partial charge in [-0.2, -0.15) is 9.97 Å². The van der Waals surface area contributed by atoms with Crippen LogP contribution < -0.4 is 0 Å². The van der Waals surface area contributed by atoms with Gasteiger partial charge in [0.1, 0.15) is 0 Å². The molecule has 0 radical (unpaired) electrons. The van der Waals surface area contributed by atoms with E-state index in [9.17, 15) is 0 Å². The summed E-state index contributed by atoms with van der Waals surface area (Å²) < 4.78 is 50.4. The van der Waals surface area contributed by atoms with E-state index in [-0.39, 0.29) is 17.3 Å². The second-order valence-electron chi connectivity index (χ2n) is 15.6. The highest BCUT2D eigenvalue weighted by molar-refractivity contribution is 7.26. The minimum absolute atomic E-state index is 0.0289. The fourth-order valence-electron chi connectivity index (χ4n) is 9.34. The summed E-state index contributed by atoms with van der Waals surface area (Å²) in [6, 6.07) is 60.7. The van der Waals surface area contributed by atoms with E-state index in [4.69, 9.17) is 21.8 Å². The van der Waals surface area contributed by atoms with Gasteiger partial charge < -0.3 is 4.57 Å². The van der Waals surface area contributed by atoms with Gasteiger partial charge in [-0.1, -0.05) is 164 Å². The molecule has 6 heteroatoms. The van der Waals surface area contributed by atoms with Gasteiger partial charge in [0.25, 0.3) is 0 Å². The summed E-state index contributed by atoms with van der Waals surface area (Å²) in [4.78, 5) is 15.6. The Morgan fingerprint density at radius 1 is 0.397 bits per heavy atom. The van der Waals surface area contributed by atoms with Crippen LogP contribution in [0.2, 0.25) is 0 Å². The Morgan fingerprint density at radius 2 is 0.952 bits per heavy atom. The third kappa shape index (κ3) is 5.66. The van der Waals surface area contributed by atoms with Crippen LogP contribution in [0, 0.1) is 0 Å². The number of para-hydroxylation sites is 4. The van der Waals surface area contributed by atoms with Crippen molar-refractivity contribution < 1.29 is 6.85 Å². The SMILES string of the molecule is [2H]c1c([2H])c([2H])c(-c2nc(-c3cc(-n4c5ccccc5c5ccccc54)cc4c3sc3cccc(-c5cccc(-c6ccccc6)c5)c34)nc(-n3c4ccccc4c4ccccc43)n2)c([2H])c1[2H]. The van der Waals surface area contributed by atoms with Crippen LogP contribution in [0.3, 0.4) is 0 Å². The van der Waals surface area contributed by atoms with Crippen molar-refractivity contribution in [2.45, 2.75) is 0 Å². The molecule has 0 unspecified atom stereocenters. The van der Waals surface area contributed by atoms with Crippen molar-refractivity contribution in [1.29, 1.82) is 0 Å². The number of fused-ring (bicyclic) bond motifs is 9. The van der Waals surface area contributed by atoms with Gasteiger partial charge in [0.15, 0.2) is 11.6 Å². The lowest BCUT2D eigenvalue weighted by Gasteiger charge is -2.14. The topological polar surface area (TPSA) is 48.5 Å². The first kappa shape index (κ1) is 30.8. The Labute approximate surface area is 373 Å². The molecule has 0 atom stereocenters. The largest absolute Gasteiger partial charge is 0.309 e. The number of benzene rings is 9. The van der Waals surface area contributed by atoms with E-state index in [0.717, 1.165) is 91.7 Å². The van der Waals surface area contributed by atoms with Crippen molar-refractivity contribution in [2.75, 3.05) is 0 Å². The number of thiophene rings is 1. The third-order valence-corrected chi connectivity index (χ3v) is 13.3. The zero-order chi connectivity index (χ0) is 45.8. The lowest BCUT2D eigenvalue weighted by atomic mass is 9.95. The molecule has 0 N–H and O–H groups in total. The molecule has 0 saturated carbocycles. The highest BCUT2D eigenvalue weighted by Crippen LogP contribution is 2.46. The fraction of sp³-hybridized carbons (Fsp3) is 0. The van der Waals surface area contributed by atoms with Crippen molar-refractivity contribution >= 4 is 75.1 Å². The van der Waals surface area contributed by atoms with Gasteiger partial charge in [0.05, 0.1) is 28.9 Å². The minimum atomic E-state index is -0.489. The fourth-order valence-corrected chi connectivity index (χ4v) is 10.6. The highest BCUT2D eigenvalue weighted by Gasteiger charge is 2.23. The predicted molar refractivity (Wildman–Crippen MR) is 263 cm³/mol. The van der Waals surface area contributed by atoms with E-state index in [1.165, 1.54) is 0 Å². The number of aromatic nitrogens is 5. The molecule has 0 bridgehead atoms. The lowest BCUT2D eigenvalue weighted by Crippen LogP contribution is -2.06. The molecule has 13 aromatic rings. The van der Waals surface area contributed by atoms with Gasteiger partial charge >= 0.3 is 0 Å². The summed E-state index contributed by atoms with van der Waals surface area (Å²) in [6.07, 6.45) is 0. The smallest absolute Gasteiger partial charge is 0.238 e. The normalized spacial score (nSPS) is 12.9. The first-order chi connectivity index (χ1) is 33.3. The van der Waals surface area contributed by atoms with Crippen molar-refractivity contribution in [3.8, 4) is 56.7 Å². The molecular formula is C57H35N5S. The van der Waals surface area contributed by atoms with Crippen LogP contribution in [0.15, 0.2) is 212 Å². The first-order valence-electron chi connectivity index (χ1n) is 23.3. The summed E-state index contributed by atoms with van der Waals surface area (Å²) in [5, 5.41) is 6.33.